The molecule has 2 aliphatic rings. The van der Waals surface area contributed by atoms with E-state index >= 15 is 0 Å². The third-order valence-electron chi connectivity index (χ3n) is 4.38. The van der Waals surface area contributed by atoms with Crippen LogP contribution in [0.3, 0.4) is 0 Å². The van der Waals surface area contributed by atoms with Gasteiger partial charge in [-0.15, -0.1) is 0 Å². The molecule has 27 heavy (non-hydrogen) atoms. The normalized spacial score (nSPS) is 43.7. The zero-order valence-electron chi connectivity index (χ0n) is 14.7. The second kappa shape index (κ2) is 9.35. The fraction of sp³-hybridized carbons (Fsp3) is 0.812. The van der Waals surface area contributed by atoms with E-state index in [1.54, 1.807) is 0 Å². The summed E-state index contributed by atoms with van der Waals surface area (Å²) in [6.45, 7) is 4.44. The lowest BCUT2D eigenvalue weighted by atomic mass is 9.99. The molecule has 0 amide bonds. The molecule has 10 atom stereocenters. The van der Waals surface area contributed by atoms with Crippen molar-refractivity contribution in [3.8, 4) is 6.07 Å². The highest BCUT2D eigenvalue weighted by atomic mass is 16.7. The Balaban J connectivity index is 1.99. The Hall–Kier alpha value is -1.17. The first kappa shape index (κ1) is 22.1. The quantitative estimate of drug-likeness (QED) is 0.250. The predicted octanol–water partition coefficient (Wildman–Crippen LogP) is -3.27. The molecule has 0 unspecified atom stereocenters. The van der Waals surface area contributed by atoms with Gasteiger partial charge in [-0.1, -0.05) is 6.58 Å². The summed E-state index contributed by atoms with van der Waals surface area (Å²) in [6.07, 6.45) is -14.1. The highest BCUT2D eigenvalue weighted by Crippen LogP contribution is 2.25. The monoisotopic (exact) mass is 391 g/mol. The Morgan fingerprint density at radius 1 is 1.07 bits per heavy atom. The lowest BCUT2D eigenvalue weighted by molar-refractivity contribution is -0.323. The Labute approximate surface area is 155 Å². The lowest BCUT2D eigenvalue weighted by Gasteiger charge is -2.41. The van der Waals surface area contributed by atoms with Gasteiger partial charge < -0.3 is 49.6 Å². The van der Waals surface area contributed by atoms with Crippen molar-refractivity contribution in [1.82, 2.24) is 0 Å². The maximum Gasteiger partial charge on any atom is 0.188 e. The minimum atomic E-state index is -1.65. The van der Waals surface area contributed by atoms with Gasteiger partial charge in [0.25, 0.3) is 0 Å². The van der Waals surface area contributed by atoms with Crippen LogP contribution >= 0.6 is 0 Å². The van der Waals surface area contributed by atoms with Gasteiger partial charge in [0.2, 0.25) is 0 Å². The van der Waals surface area contributed by atoms with Crippen LogP contribution in [0.15, 0.2) is 12.2 Å². The molecule has 2 fully saturated rings. The molecule has 0 aromatic rings. The molecule has 0 aliphatic carbocycles. The van der Waals surface area contributed by atoms with Gasteiger partial charge in [0, 0.05) is 0 Å². The van der Waals surface area contributed by atoms with Crippen molar-refractivity contribution in [2.45, 2.75) is 68.3 Å². The fourth-order valence-electron chi connectivity index (χ4n) is 2.67. The smallest absolute Gasteiger partial charge is 0.188 e. The summed E-state index contributed by atoms with van der Waals surface area (Å²) in [5.74, 6) is 0. The first-order valence-corrected chi connectivity index (χ1v) is 8.35. The molecule has 0 bridgehead atoms. The largest absolute Gasteiger partial charge is 0.388 e. The lowest BCUT2D eigenvalue weighted by Crippen LogP contribution is -2.60. The van der Waals surface area contributed by atoms with Crippen LogP contribution in [0.5, 0.6) is 0 Å². The molecule has 154 valence electrons. The van der Waals surface area contributed by atoms with E-state index in [1.165, 1.54) is 6.92 Å². The summed E-state index contributed by atoms with van der Waals surface area (Å²) in [4.78, 5) is 0. The number of rotatable bonds is 6. The van der Waals surface area contributed by atoms with Crippen molar-refractivity contribution in [2.75, 3.05) is 13.2 Å². The standard InChI is InChI=1S/C16H25NO10/c1-6(2)8(3-17)26-16-14(23)12(21)11(20)9(27-16)5-25-15-13(22)10(19)7(18)4-24-15/h7-16,18-23H,1,4-5H2,2H3/t7-,8-,9-,10+,11-,12+,13-,14-,15+,16-/m1/s1. The summed E-state index contributed by atoms with van der Waals surface area (Å²) in [7, 11) is 0. The van der Waals surface area contributed by atoms with Crippen LogP contribution in [0.2, 0.25) is 0 Å². The molecule has 6 N–H and O–H groups in total. The Morgan fingerprint density at radius 3 is 2.30 bits per heavy atom. The Morgan fingerprint density at radius 2 is 1.70 bits per heavy atom. The maximum atomic E-state index is 10.1. The van der Waals surface area contributed by atoms with Crippen LogP contribution in [0.1, 0.15) is 6.92 Å². The van der Waals surface area contributed by atoms with E-state index in [-0.39, 0.29) is 6.61 Å². The van der Waals surface area contributed by atoms with E-state index in [9.17, 15) is 30.6 Å². The third-order valence-corrected chi connectivity index (χ3v) is 4.38. The summed E-state index contributed by atoms with van der Waals surface area (Å²) in [5.41, 5.74) is 0.355. The molecule has 0 radical (unpaired) electrons. The number of hydrogen-bond acceptors (Lipinski definition) is 11. The molecular formula is C16H25NO10. The first-order chi connectivity index (χ1) is 12.7. The van der Waals surface area contributed by atoms with Crippen LogP contribution in [0.4, 0.5) is 0 Å². The van der Waals surface area contributed by atoms with Gasteiger partial charge in [-0.3, -0.25) is 0 Å². The van der Waals surface area contributed by atoms with Crippen molar-refractivity contribution >= 4 is 0 Å². The van der Waals surface area contributed by atoms with Crippen LogP contribution < -0.4 is 0 Å². The minimum absolute atomic E-state index is 0.271. The average Bonchev–Trinajstić information content (AvgIpc) is 2.64. The van der Waals surface area contributed by atoms with Gasteiger partial charge in [0.1, 0.15) is 42.7 Å². The van der Waals surface area contributed by atoms with Crippen LogP contribution in [-0.2, 0) is 18.9 Å². The van der Waals surface area contributed by atoms with Gasteiger partial charge in [0.15, 0.2) is 18.7 Å². The molecule has 11 heteroatoms. The van der Waals surface area contributed by atoms with Crippen molar-refractivity contribution in [3.05, 3.63) is 12.2 Å². The predicted molar refractivity (Wildman–Crippen MR) is 85.7 cm³/mol. The topological polar surface area (TPSA) is 182 Å². The second-order valence-corrected chi connectivity index (χ2v) is 6.59. The number of aliphatic hydroxyl groups is 6. The highest BCUT2D eigenvalue weighted by Gasteiger charge is 2.46. The van der Waals surface area contributed by atoms with Crippen LogP contribution in [-0.4, -0.2) is 105 Å². The SMILES string of the molecule is C=C(C)[C@@H](C#N)O[C@@H]1O[C@H](CO[C@@H]2OC[C@@H](O)[C@H](O)[C@H]2O)[C@@H](O)[C@H](O)[C@H]1O. The average molecular weight is 391 g/mol. The number of nitriles is 1. The number of nitrogens with zero attached hydrogens (tertiary/aromatic N) is 1. The second-order valence-electron chi connectivity index (χ2n) is 6.59. The molecule has 0 aromatic heterocycles. The number of ether oxygens (including phenoxy) is 4. The molecule has 11 nitrogen and oxygen atoms in total. The van der Waals surface area contributed by atoms with Crippen LogP contribution in [0.25, 0.3) is 0 Å². The Bertz CT molecular complexity index is 554. The van der Waals surface area contributed by atoms with Crippen LogP contribution in [0, 0.1) is 11.3 Å². The summed E-state index contributed by atoms with van der Waals surface area (Å²) >= 11 is 0. The van der Waals surface area contributed by atoms with E-state index < -0.39 is 68.0 Å². The molecule has 2 aliphatic heterocycles. The fourth-order valence-corrected chi connectivity index (χ4v) is 2.67. The zero-order chi connectivity index (χ0) is 20.3. The number of hydrogen-bond donors (Lipinski definition) is 6. The van der Waals surface area contributed by atoms with Gasteiger partial charge in [-0.05, 0) is 12.5 Å². The maximum absolute atomic E-state index is 10.1. The molecule has 0 saturated carbocycles. The summed E-state index contributed by atoms with van der Waals surface area (Å²) in [6, 6.07) is 1.82. The molecular weight excluding hydrogens is 366 g/mol. The van der Waals surface area contributed by atoms with Gasteiger partial charge >= 0.3 is 0 Å². The summed E-state index contributed by atoms with van der Waals surface area (Å²) < 4.78 is 21.0. The Kier molecular flexibility index (Phi) is 7.66. The third kappa shape index (κ3) is 5.01. The van der Waals surface area contributed by atoms with Gasteiger partial charge in [-0.25, -0.2) is 0 Å². The molecule has 2 heterocycles. The first-order valence-electron chi connectivity index (χ1n) is 8.35. The van der Waals surface area contributed by atoms with E-state index in [1.807, 2.05) is 6.07 Å². The van der Waals surface area contributed by atoms with Gasteiger partial charge in [0.05, 0.1) is 19.3 Å². The van der Waals surface area contributed by atoms with Crippen molar-refractivity contribution in [3.63, 3.8) is 0 Å². The minimum Gasteiger partial charge on any atom is -0.388 e. The van der Waals surface area contributed by atoms with E-state index in [2.05, 4.69) is 6.58 Å². The molecule has 0 spiro atoms. The van der Waals surface area contributed by atoms with Gasteiger partial charge in [-0.2, -0.15) is 5.26 Å². The van der Waals surface area contributed by atoms with Crippen molar-refractivity contribution in [2.24, 2.45) is 0 Å². The van der Waals surface area contributed by atoms with E-state index in [0.717, 1.165) is 0 Å². The van der Waals surface area contributed by atoms with E-state index in [4.69, 9.17) is 24.2 Å². The molecule has 0 aromatic carbocycles. The zero-order valence-corrected chi connectivity index (χ0v) is 14.7. The van der Waals surface area contributed by atoms with Crippen molar-refractivity contribution < 1.29 is 49.6 Å². The molecule has 2 saturated heterocycles. The van der Waals surface area contributed by atoms with Crippen molar-refractivity contribution in [1.29, 1.82) is 5.26 Å². The highest BCUT2D eigenvalue weighted by molar-refractivity contribution is 5.10. The van der Waals surface area contributed by atoms with E-state index in [0.29, 0.717) is 5.57 Å². The summed E-state index contributed by atoms with van der Waals surface area (Å²) in [5, 5.41) is 68.0. The molecule has 2 rings (SSSR count). The number of aliphatic hydroxyl groups excluding tert-OH is 6.